The van der Waals surface area contributed by atoms with Gasteiger partial charge in [0.15, 0.2) is 0 Å². The van der Waals surface area contributed by atoms with Crippen molar-refractivity contribution in [2.45, 2.75) is 39.7 Å². The molecule has 7 nitrogen and oxygen atoms in total. The highest BCUT2D eigenvalue weighted by Gasteiger charge is 2.30. The molecular formula is C19H26N4O3. The van der Waals surface area contributed by atoms with Crippen LogP contribution in [0.25, 0.3) is 5.65 Å². The van der Waals surface area contributed by atoms with Crippen molar-refractivity contribution >= 4 is 17.6 Å². The number of rotatable bonds is 2. The second-order valence-electron chi connectivity index (χ2n) is 7.45. The zero-order valence-electron chi connectivity index (χ0n) is 15.9. The Kier molecular flexibility index (Phi) is 4.89. The monoisotopic (exact) mass is 358 g/mol. The van der Waals surface area contributed by atoms with Gasteiger partial charge in [-0.25, -0.2) is 9.78 Å². The van der Waals surface area contributed by atoms with Gasteiger partial charge in [0.05, 0.1) is 5.69 Å². The molecule has 1 aliphatic heterocycles. The first-order valence-corrected chi connectivity index (χ1v) is 9.03. The number of amides is 2. The van der Waals surface area contributed by atoms with Gasteiger partial charge < -0.3 is 14.5 Å². The maximum atomic E-state index is 13.1. The third-order valence-corrected chi connectivity index (χ3v) is 4.36. The van der Waals surface area contributed by atoms with Crippen LogP contribution in [-0.2, 0) is 11.2 Å². The van der Waals surface area contributed by atoms with E-state index in [2.05, 4.69) is 4.98 Å². The number of fused-ring (bicyclic) bond motifs is 1. The van der Waals surface area contributed by atoms with E-state index in [1.165, 1.54) is 0 Å². The number of aromatic nitrogens is 2. The molecule has 1 fully saturated rings. The summed E-state index contributed by atoms with van der Waals surface area (Å²) in [5.74, 6) is -0.0376. The normalized spacial score (nSPS) is 15.4. The minimum absolute atomic E-state index is 0.0376. The fraction of sp³-hybridized carbons (Fsp3) is 0.526. The van der Waals surface area contributed by atoms with Gasteiger partial charge in [-0.05, 0) is 39.3 Å². The second-order valence-corrected chi connectivity index (χ2v) is 7.45. The Morgan fingerprint density at radius 2 is 1.77 bits per heavy atom. The van der Waals surface area contributed by atoms with E-state index in [0.29, 0.717) is 38.3 Å². The Labute approximate surface area is 153 Å². The number of nitrogens with zero attached hydrogens (tertiary/aromatic N) is 4. The molecule has 1 saturated heterocycles. The summed E-state index contributed by atoms with van der Waals surface area (Å²) in [6.07, 6.45) is 2.24. The van der Waals surface area contributed by atoms with Crippen LogP contribution in [0.15, 0.2) is 24.4 Å². The number of piperazine rings is 1. The highest BCUT2D eigenvalue weighted by Crippen LogP contribution is 2.18. The van der Waals surface area contributed by atoms with Crippen LogP contribution in [0.3, 0.4) is 0 Å². The van der Waals surface area contributed by atoms with Crippen molar-refractivity contribution in [3.8, 4) is 0 Å². The number of carbonyl (C=O) groups excluding carboxylic acids is 2. The smallest absolute Gasteiger partial charge is 0.410 e. The molecular weight excluding hydrogens is 332 g/mol. The van der Waals surface area contributed by atoms with Crippen LogP contribution in [0.4, 0.5) is 4.79 Å². The van der Waals surface area contributed by atoms with Crippen molar-refractivity contribution < 1.29 is 14.3 Å². The summed E-state index contributed by atoms with van der Waals surface area (Å²) in [5.41, 5.74) is 1.68. The minimum atomic E-state index is -0.517. The summed E-state index contributed by atoms with van der Waals surface area (Å²) in [6, 6.07) is 5.71. The van der Waals surface area contributed by atoms with Gasteiger partial charge in [-0.2, -0.15) is 0 Å². The lowest BCUT2D eigenvalue weighted by molar-refractivity contribution is 0.0140. The van der Waals surface area contributed by atoms with Crippen molar-refractivity contribution in [1.29, 1.82) is 0 Å². The van der Waals surface area contributed by atoms with E-state index in [4.69, 9.17) is 4.74 Å². The second kappa shape index (κ2) is 6.97. The number of carbonyl (C=O) groups is 2. The summed E-state index contributed by atoms with van der Waals surface area (Å²) in [6.45, 7) is 9.46. The Hall–Kier alpha value is -2.57. The van der Waals surface area contributed by atoms with Gasteiger partial charge in [0.25, 0.3) is 5.91 Å². The lowest BCUT2D eigenvalue weighted by Gasteiger charge is -2.35. The van der Waals surface area contributed by atoms with E-state index in [1.54, 1.807) is 9.80 Å². The molecule has 0 N–H and O–H groups in total. The molecule has 0 saturated carbocycles. The van der Waals surface area contributed by atoms with Crippen LogP contribution >= 0.6 is 0 Å². The quantitative estimate of drug-likeness (QED) is 0.828. The number of aryl methyl sites for hydroxylation is 1. The van der Waals surface area contributed by atoms with Gasteiger partial charge in [0.2, 0.25) is 0 Å². The van der Waals surface area contributed by atoms with Crippen LogP contribution in [0, 0.1) is 0 Å². The molecule has 0 radical (unpaired) electrons. The molecule has 2 aromatic heterocycles. The molecule has 7 heteroatoms. The Bertz CT molecular complexity index is 814. The van der Waals surface area contributed by atoms with E-state index < -0.39 is 5.60 Å². The van der Waals surface area contributed by atoms with E-state index >= 15 is 0 Å². The average Bonchev–Trinajstić information content (AvgIpc) is 2.98. The zero-order valence-corrected chi connectivity index (χ0v) is 15.9. The molecule has 0 bridgehead atoms. The van der Waals surface area contributed by atoms with Gasteiger partial charge in [-0.15, -0.1) is 0 Å². The third kappa shape index (κ3) is 3.66. The molecule has 3 heterocycles. The molecule has 0 atom stereocenters. The van der Waals surface area contributed by atoms with Crippen molar-refractivity contribution in [2.75, 3.05) is 26.2 Å². The van der Waals surface area contributed by atoms with Crippen molar-refractivity contribution in [3.63, 3.8) is 0 Å². The maximum Gasteiger partial charge on any atom is 0.410 e. The zero-order chi connectivity index (χ0) is 18.9. The van der Waals surface area contributed by atoms with Crippen LogP contribution in [0.2, 0.25) is 0 Å². The molecule has 1 aliphatic rings. The van der Waals surface area contributed by atoms with Crippen LogP contribution in [0.5, 0.6) is 0 Å². The fourth-order valence-electron chi connectivity index (χ4n) is 3.09. The Morgan fingerprint density at radius 3 is 2.38 bits per heavy atom. The van der Waals surface area contributed by atoms with Gasteiger partial charge in [-0.1, -0.05) is 13.0 Å². The molecule has 140 valence electrons. The number of ether oxygens (including phenoxy) is 1. The highest BCUT2D eigenvalue weighted by molar-refractivity contribution is 5.95. The summed E-state index contributed by atoms with van der Waals surface area (Å²) in [4.78, 5) is 33.3. The van der Waals surface area contributed by atoms with Crippen LogP contribution in [-0.4, -0.2) is 63.0 Å². The topological polar surface area (TPSA) is 67.2 Å². The predicted molar refractivity (Wildman–Crippen MR) is 98.3 cm³/mol. The minimum Gasteiger partial charge on any atom is -0.444 e. The number of hydrogen-bond donors (Lipinski definition) is 0. The van der Waals surface area contributed by atoms with Gasteiger partial charge >= 0.3 is 6.09 Å². The molecule has 0 aromatic carbocycles. The average molecular weight is 358 g/mol. The van der Waals surface area contributed by atoms with Gasteiger partial charge in [0.1, 0.15) is 16.9 Å². The van der Waals surface area contributed by atoms with E-state index in [9.17, 15) is 9.59 Å². The third-order valence-electron chi connectivity index (χ3n) is 4.36. The predicted octanol–water partition coefficient (Wildman–Crippen LogP) is 2.59. The summed E-state index contributed by atoms with van der Waals surface area (Å²) >= 11 is 0. The van der Waals surface area contributed by atoms with Crippen molar-refractivity contribution in [3.05, 3.63) is 35.8 Å². The number of hydrogen-bond acceptors (Lipinski definition) is 4. The Balaban J connectivity index is 1.72. The first kappa shape index (κ1) is 18.2. The molecule has 0 spiro atoms. The molecule has 2 amide bonds. The SMILES string of the molecule is CCc1nc2ccccn2c1C(=O)N1CCN(C(=O)OC(C)(C)C)CC1. The lowest BCUT2D eigenvalue weighted by atomic mass is 10.2. The highest BCUT2D eigenvalue weighted by atomic mass is 16.6. The van der Waals surface area contributed by atoms with E-state index in [0.717, 1.165) is 11.3 Å². The van der Waals surface area contributed by atoms with Crippen molar-refractivity contribution in [1.82, 2.24) is 19.2 Å². The largest absolute Gasteiger partial charge is 0.444 e. The standard InChI is InChI=1S/C19H26N4O3/c1-5-14-16(23-9-7-6-8-15(23)20-14)17(24)21-10-12-22(13-11-21)18(25)26-19(2,3)4/h6-9H,5,10-13H2,1-4H3. The van der Waals surface area contributed by atoms with Crippen LogP contribution in [0.1, 0.15) is 43.9 Å². The van der Waals surface area contributed by atoms with E-state index in [-0.39, 0.29) is 12.0 Å². The maximum absolute atomic E-state index is 13.1. The van der Waals surface area contributed by atoms with Crippen molar-refractivity contribution in [2.24, 2.45) is 0 Å². The number of imidazole rings is 1. The first-order chi connectivity index (χ1) is 12.3. The molecule has 0 aliphatic carbocycles. The van der Waals surface area contributed by atoms with Gasteiger partial charge in [-0.3, -0.25) is 9.20 Å². The summed E-state index contributed by atoms with van der Waals surface area (Å²) in [7, 11) is 0. The number of pyridine rings is 1. The van der Waals surface area contributed by atoms with Crippen LogP contribution < -0.4 is 0 Å². The van der Waals surface area contributed by atoms with E-state index in [1.807, 2.05) is 56.5 Å². The molecule has 0 unspecified atom stereocenters. The molecule has 26 heavy (non-hydrogen) atoms. The fourth-order valence-corrected chi connectivity index (χ4v) is 3.09. The summed E-state index contributed by atoms with van der Waals surface area (Å²) < 4.78 is 7.26. The molecule has 2 aromatic rings. The first-order valence-electron chi connectivity index (χ1n) is 9.03. The lowest BCUT2D eigenvalue weighted by Crippen LogP contribution is -2.51. The summed E-state index contributed by atoms with van der Waals surface area (Å²) in [5, 5.41) is 0. The van der Waals surface area contributed by atoms with Gasteiger partial charge in [0, 0.05) is 32.4 Å². The molecule has 3 rings (SSSR count). The Morgan fingerprint density at radius 1 is 1.12 bits per heavy atom.